The van der Waals surface area contributed by atoms with Gasteiger partial charge in [0.2, 0.25) is 11.0 Å². The van der Waals surface area contributed by atoms with Crippen LogP contribution < -0.4 is 9.62 Å². The number of rotatable bonds is 6. The van der Waals surface area contributed by atoms with Gasteiger partial charge < -0.3 is 5.32 Å². The van der Waals surface area contributed by atoms with E-state index in [-0.39, 0.29) is 27.8 Å². The minimum absolute atomic E-state index is 0.148. The summed E-state index contributed by atoms with van der Waals surface area (Å²) in [5, 5.41) is 10.2. The zero-order valence-corrected chi connectivity index (χ0v) is 15.6. The summed E-state index contributed by atoms with van der Waals surface area (Å²) in [4.78, 5) is 11.7. The zero-order chi connectivity index (χ0) is 17.9. The van der Waals surface area contributed by atoms with Gasteiger partial charge in [-0.05, 0) is 31.5 Å². The average Bonchev–Trinajstić information content (AvgIpc) is 2.97. The Morgan fingerprint density at radius 3 is 2.62 bits per heavy atom. The Kier molecular flexibility index (Phi) is 5.55. The maximum Gasteiger partial charge on any atom is 0.293 e. The van der Waals surface area contributed by atoms with Crippen molar-refractivity contribution in [3.8, 4) is 0 Å². The maximum atomic E-state index is 12.8. The van der Waals surface area contributed by atoms with Gasteiger partial charge in [-0.2, -0.15) is 8.42 Å². The Bertz CT molecular complexity index is 831. The molecule has 0 bridgehead atoms. The quantitative estimate of drug-likeness (QED) is 0.791. The molecule has 2 rings (SSSR count). The van der Waals surface area contributed by atoms with Gasteiger partial charge in [-0.25, -0.2) is 0 Å². The van der Waals surface area contributed by atoms with Crippen molar-refractivity contribution in [1.82, 2.24) is 10.2 Å². The highest BCUT2D eigenvalue weighted by Crippen LogP contribution is 2.28. The summed E-state index contributed by atoms with van der Waals surface area (Å²) in [5.74, 6) is -0.463. The number of sulfonamides is 1. The van der Waals surface area contributed by atoms with Crippen LogP contribution in [0.15, 0.2) is 28.6 Å². The molecule has 1 N–H and O–H groups in total. The van der Waals surface area contributed by atoms with Crippen molar-refractivity contribution >= 4 is 38.1 Å². The molecule has 0 aliphatic rings. The maximum absolute atomic E-state index is 12.8. The number of aryl methyl sites for hydroxylation is 1. The minimum Gasteiger partial charge on any atom is -0.300 e. The lowest BCUT2D eigenvalue weighted by atomic mass is 10.2. The van der Waals surface area contributed by atoms with Crippen LogP contribution in [-0.2, 0) is 14.8 Å². The van der Waals surface area contributed by atoms with Crippen molar-refractivity contribution in [2.75, 3.05) is 16.2 Å². The van der Waals surface area contributed by atoms with Crippen molar-refractivity contribution in [2.45, 2.75) is 32.0 Å². The Morgan fingerprint density at radius 1 is 1.33 bits per heavy atom. The summed E-state index contributed by atoms with van der Waals surface area (Å²) in [7, 11) is -3.83. The van der Waals surface area contributed by atoms with Gasteiger partial charge in [-0.15, -0.1) is 10.2 Å². The number of nitrogens with zero attached hydrogens (tertiary/aromatic N) is 3. The van der Waals surface area contributed by atoms with Crippen molar-refractivity contribution in [1.29, 1.82) is 0 Å². The van der Waals surface area contributed by atoms with Crippen LogP contribution in [0.5, 0.6) is 0 Å². The van der Waals surface area contributed by atoms with Crippen molar-refractivity contribution in [3.63, 3.8) is 0 Å². The largest absolute Gasteiger partial charge is 0.300 e. The van der Waals surface area contributed by atoms with Crippen LogP contribution in [0, 0.1) is 12.8 Å². The molecular weight excluding hydrogens is 348 g/mol. The van der Waals surface area contributed by atoms with Gasteiger partial charge in [-0.1, -0.05) is 37.3 Å². The first-order valence-electron chi connectivity index (χ1n) is 7.49. The summed E-state index contributed by atoms with van der Waals surface area (Å²) in [6.07, 6.45) is 0. The molecule has 1 aromatic carbocycles. The first kappa shape index (κ1) is 18.3. The summed E-state index contributed by atoms with van der Waals surface area (Å²) in [6, 6.07) is 7.23. The van der Waals surface area contributed by atoms with E-state index in [1.807, 2.05) is 13.0 Å². The van der Waals surface area contributed by atoms with Crippen LogP contribution in [0.4, 0.5) is 10.8 Å². The topological polar surface area (TPSA) is 92.3 Å². The summed E-state index contributed by atoms with van der Waals surface area (Å²) < 4.78 is 26.8. The van der Waals surface area contributed by atoms with Gasteiger partial charge in [0, 0.05) is 12.5 Å². The van der Waals surface area contributed by atoms with Crippen molar-refractivity contribution in [2.24, 2.45) is 5.92 Å². The zero-order valence-electron chi connectivity index (χ0n) is 14.0. The summed E-state index contributed by atoms with van der Waals surface area (Å²) in [6.45, 7) is 7.39. The van der Waals surface area contributed by atoms with Crippen LogP contribution in [0.1, 0.15) is 26.3 Å². The molecule has 0 saturated heterocycles. The highest BCUT2D eigenvalue weighted by atomic mass is 32.2. The van der Waals surface area contributed by atoms with Crippen molar-refractivity contribution < 1.29 is 13.2 Å². The predicted octanol–water partition coefficient (Wildman–Crippen LogP) is 2.66. The minimum atomic E-state index is -3.83. The average molecular weight is 368 g/mol. The number of benzene rings is 1. The van der Waals surface area contributed by atoms with Crippen LogP contribution in [0.2, 0.25) is 0 Å². The molecule has 0 aliphatic carbocycles. The Balaban J connectivity index is 2.32. The number of aromatic nitrogens is 2. The molecular formula is C15H20N4O3S2. The highest BCUT2D eigenvalue weighted by Gasteiger charge is 2.28. The lowest BCUT2D eigenvalue weighted by molar-refractivity contribution is -0.118. The smallest absolute Gasteiger partial charge is 0.293 e. The highest BCUT2D eigenvalue weighted by molar-refractivity contribution is 7.94. The van der Waals surface area contributed by atoms with Crippen molar-refractivity contribution in [3.05, 3.63) is 29.8 Å². The van der Waals surface area contributed by atoms with Gasteiger partial charge >= 0.3 is 0 Å². The molecule has 1 heterocycles. The van der Waals surface area contributed by atoms with E-state index in [0.29, 0.717) is 5.69 Å². The van der Waals surface area contributed by atoms with E-state index >= 15 is 0 Å². The number of carbonyl (C=O) groups excluding carboxylic acids is 1. The number of hydrogen-bond donors (Lipinski definition) is 1. The molecule has 0 aliphatic heterocycles. The number of carbonyl (C=O) groups is 1. The molecule has 24 heavy (non-hydrogen) atoms. The molecule has 0 saturated carbocycles. The molecule has 1 aromatic heterocycles. The molecule has 0 unspecified atom stereocenters. The van der Waals surface area contributed by atoms with Gasteiger partial charge in [0.1, 0.15) is 0 Å². The predicted molar refractivity (Wildman–Crippen MR) is 94.8 cm³/mol. The SMILES string of the molecule is CCN(c1cccc(C)c1)S(=O)(=O)c1nnc(NC(=O)C(C)C)s1. The summed E-state index contributed by atoms with van der Waals surface area (Å²) >= 11 is 0.844. The van der Waals surface area contributed by atoms with E-state index < -0.39 is 10.0 Å². The summed E-state index contributed by atoms with van der Waals surface area (Å²) in [5.41, 5.74) is 1.53. The van der Waals surface area contributed by atoms with E-state index in [9.17, 15) is 13.2 Å². The second kappa shape index (κ2) is 7.27. The number of nitrogens with one attached hydrogen (secondary N) is 1. The molecule has 2 aromatic rings. The molecule has 9 heteroatoms. The fourth-order valence-corrected chi connectivity index (χ4v) is 4.45. The molecule has 0 fully saturated rings. The first-order chi connectivity index (χ1) is 11.3. The number of anilines is 2. The third kappa shape index (κ3) is 3.90. The molecule has 0 spiro atoms. The molecule has 0 radical (unpaired) electrons. The lowest BCUT2D eigenvalue weighted by Crippen LogP contribution is -2.30. The third-order valence-electron chi connectivity index (χ3n) is 3.25. The monoisotopic (exact) mass is 368 g/mol. The van der Waals surface area contributed by atoms with Crippen LogP contribution in [0.25, 0.3) is 0 Å². The van der Waals surface area contributed by atoms with E-state index in [2.05, 4.69) is 15.5 Å². The van der Waals surface area contributed by atoms with Gasteiger partial charge in [-0.3, -0.25) is 9.10 Å². The van der Waals surface area contributed by atoms with Crippen LogP contribution in [0.3, 0.4) is 0 Å². The molecule has 0 atom stereocenters. The van der Waals surface area contributed by atoms with Gasteiger partial charge in [0.05, 0.1) is 5.69 Å². The third-order valence-corrected chi connectivity index (χ3v) is 6.34. The normalized spacial score (nSPS) is 11.5. The van der Waals surface area contributed by atoms with Gasteiger partial charge in [0.15, 0.2) is 0 Å². The number of amides is 1. The van der Waals surface area contributed by atoms with E-state index in [0.717, 1.165) is 16.9 Å². The van der Waals surface area contributed by atoms with E-state index in [1.54, 1.807) is 39.0 Å². The fraction of sp³-hybridized carbons (Fsp3) is 0.400. The fourth-order valence-electron chi connectivity index (χ4n) is 1.98. The molecule has 7 nitrogen and oxygen atoms in total. The number of hydrogen-bond acceptors (Lipinski definition) is 6. The molecule has 1 amide bonds. The second-order valence-corrected chi connectivity index (χ2v) is 8.54. The van der Waals surface area contributed by atoms with Crippen LogP contribution in [-0.4, -0.2) is 31.1 Å². The van der Waals surface area contributed by atoms with Crippen LogP contribution >= 0.6 is 11.3 Å². The lowest BCUT2D eigenvalue weighted by Gasteiger charge is -2.21. The first-order valence-corrected chi connectivity index (χ1v) is 9.75. The Hall–Kier alpha value is -2.00. The van der Waals surface area contributed by atoms with Gasteiger partial charge in [0.25, 0.3) is 14.4 Å². The Morgan fingerprint density at radius 2 is 2.04 bits per heavy atom. The van der Waals surface area contributed by atoms with E-state index in [4.69, 9.17) is 0 Å². The molecule has 130 valence electrons. The second-order valence-electron chi connectivity index (χ2n) is 5.53. The standard InChI is InChI=1S/C15H20N4O3S2/c1-5-19(12-8-6-7-11(4)9-12)24(21,22)15-18-17-14(23-15)16-13(20)10(2)3/h6-10H,5H2,1-4H3,(H,16,17,20). The Labute approximate surface area is 145 Å². The van der Waals surface area contributed by atoms with E-state index in [1.165, 1.54) is 4.31 Å².